The van der Waals surface area contributed by atoms with Crippen LogP contribution in [0.5, 0.6) is 0 Å². The Morgan fingerprint density at radius 3 is 3.12 bits per heavy atom. The van der Waals surface area contributed by atoms with Gasteiger partial charge in [-0.3, -0.25) is 4.79 Å². The van der Waals surface area contributed by atoms with Crippen LogP contribution in [0.1, 0.15) is 37.3 Å². The first kappa shape index (κ1) is 15.9. The number of carbonyl (C=O) groups excluding carboxylic acids is 1. The molecule has 5 nitrogen and oxygen atoms in total. The highest BCUT2D eigenvalue weighted by molar-refractivity contribution is 5.83. The third-order valence-corrected chi connectivity index (χ3v) is 5.21. The number of hydrogen-bond acceptors (Lipinski definition) is 2. The van der Waals surface area contributed by atoms with Gasteiger partial charge in [-0.1, -0.05) is 18.2 Å². The van der Waals surface area contributed by atoms with Gasteiger partial charge < -0.3 is 14.5 Å². The fourth-order valence-electron chi connectivity index (χ4n) is 3.84. The largest absolute Gasteiger partial charge is 0.361 e. The van der Waals surface area contributed by atoms with Crippen molar-refractivity contribution in [2.75, 3.05) is 13.1 Å². The Labute approximate surface area is 147 Å². The summed E-state index contributed by atoms with van der Waals surface area (Å²) in [5.41, 5.74) is 2.47. The number of aromatic nitrogens is 3. The van der Waals surface area contributed by atoms with E-state index in [1.807, 2.05) is 29.7 Å². The number of aryl methyl sites for hydroxylation is 1. The monoisotopic (exact) mass is 336 g/mol. The van der Waals surface area contributed by atoms with Crippen molar-refractivity contribution in [3.63, 3.8) is 0 Å². The number of nitrogens with zero attached hydrogens (tertiary/aromatic N) is 3. The van der Waals surface area contributed by atoms with Crippen LogP contribution < -0.4 is 0 Å². The average molecular weight is 336 g/mol. The highest BCUT2D eigenvalue weighted by Gasteiger charge is 2.24. The number of nitrogens with one attached hydrogen (secondary N) is 1. The molecular formula is C20H24N4O. The van der Waals surface area contributed by atoms with Gasteiger partial charge in [0.05, 0.1) is 12.4 Å². The van der Waals surface area contributed by atoms with E-state index in [1.165, 1.54) is 16.5 Å². The Balaban J connectivity index is 1.31. The second-order valence-electron chi connectivity index (χ2n) is 6.86. The fourth-order valence-corrected chi connectivity index (χ4v) is 3.84. The third kappa shape index (κ3) is 3.45. The number of carbonyl (C=O) groups is 1. The molecule has 1 aliphatic rings. The average Bonchev–Trinajstić information content (AvgIpc) is 3.32. The van der Waals surface area contributed by atoms with Gasteiger partial charge in [0, 0.05) is 49.0 Å². The van der Waals surface area contributed by atoms with Gasteiger partial charge in [-0.15, -0.1) is 0 Å². The highest BCUT2D eigenvalue weighted by atomic mass is 16.2. The topological polar surface area (TPSA) is 53.9 Å². The SMILES string of the molecule is O=C(CCCc1c[nH]c2ccccc12)N1CCC[C@H](n2ccnc2)C1. The van der Waals surface area contributed by atoms with E-state index in [-0.39, 0.29) is 5.91 Å². The number of para-hydroxylation sites is 1. The van der Waals surface area contributed by atoms with Gasteiger partial charge in [-0.2, -0.15) is 0 Å². The predicted molar refractivity (Wildman–Crippen MR) is 98.3 cm³/mol. The van der Waals surface area contributed by atoms with Crippen LogP contribution in [-0.2, 0) is 11.2 Å². The number of aromatic amines is 1. The zero-order valence-corrected chi connectivity index (χ0v) is 14.4. The Morgan fingerprint density at radius 2 is 2.24 bits per heavy atom. The molecule has 1 atom stereocenters. The minimum Gasteiger partial charge on any atom is -0.361 e. The summed E-state index contributed by atoms with van der Waals surface area (Å²) in [7, 11) is 0. The van der Waals surface area contributed by atoms with E-state index in [0.29, 0.717) is 12.5 Å². The number of amides is 1. The van der Waals surface area contributed by atoms with Crippen LogP contribution in [0, 0.1) is 0 Å². The van der Waals surface area contributed by atoms with Crippen molar-refractivity contribution < 1.29 is 4.79 Å². The van der Waals surface area contributed by atoms with Crippen molar-refractivity contribution in [2.24, 2.45) is 0 Å². The second kappa shape index (κ2) is 7.13. The molecule has 1 fully saturated rings. The molecule has 1 amide bonds. The summed E-state index contributed by atoms with van der Waals surface area (Å²) in [6, 6.07) is 8.71. The molecule has 0 aliphatic carbocycles. The molecule has 2 aromatic heterocycles. The number of hydrogen-bond donors (Lipinski definition) is 1. The van der Waals surface area contributed by atoms with Gasteiger partial charge in [0.25, 0.3) is 0 Å². The van der Waals surface area contributed by atoms with Gasteiger partial charge in [0.15, 0.2) is 0 Å². The first-order valence-corrected chi connectivity index (χ1v) is 9.11. The van der Waals surface area contributed by atoms with E-state index in [1.54, 1.807) is 0 Å². The van der Waals surface area contributed by atoms with Crippen LogP contribution in [0.3, 0.4) is 0 Å². The first-order valence-electron chi connectivity index (χ1n) is 9.11. The summed E-state index contributed by atoms with van der Waals surface area (Å²) >= 11 is 0. The Bertz CT molecular complexity index is 836. The van der Waals surface area contributed by atoms with Crippen LogP contribution in [-0.4, -0.2) is 38.4 Å². The number of H-pyrrole nitrogens is 1. The summed E-state index contributed by atoms with van der Waals surface area (Å²) in [5, 5.41) is 1.27. The highest BCUT2D eigenvalue weighted by Crippen LogP contribution is 2.23. The number of benzene rings is 1. The van der Waals surface area contributed by atoms with Crippen molar-refractivity contribution >= 4 is 16.8 Å². The molecule has 0 saturated carbocycles. The maximum Gasteiger partial charge on any atom is 0.222 e. The van der Waals surface area contributed by atoms with E-state index in [9.17, 15) is 4.79 Å². The van der Waals surface area contributed by atoms with Crippen molar-refractivity contribution in [3.8, 4) is 0 Å². The molecule has 3 aromatic rings. The van der Waals surface area contributed by atoms with Gasteiger partial charge in [0.2, 0.25) is 5.91 Å². The molecule has 0 radical (unpaired) electrons. The Kier molecular flexibility index (Phi) is 4.55. The van der Waals surface area contributed by atoms with E-state index in [4.69, 9.17) is 0 Å². The minimum absolute atomic E-state index is 0.282. The molecule has 1 saturated heterocycles. The third-order valence-electron chi connectivity index (χ3n) is 5.21. The summed E-state index contributed by atoms with van der Waals surface area (Å²) in [6.45, 7) is 1.69. The molecule has 130 valence electrons. The molecule has 5 heteroatoms. The lowest BCUT2D eigenvalue weighted by molar-refractivity contribution is -0.132. The Hall–Kier alpha value is -2.56. The number of piperidine rings is 1. The molecule has 0 unspecified atom stereocenters. The molecule has 3 heterocycles. The molecule has 0 spiro atoms. The molecule has 25 heavy (non-hydrogen) atoms. The van der Waals surface area contributed by atoms with E-state index < -0.39 is 0 Å². The van der Waals surface area contributed by atoms with Crippen LogP contribution in [0.4, 0.5) is 0 Å². The van der Waals surface area contributed by atoms with E-state index in [2.05, 4.69) is 38.9 Å². The number of likely N-dealkylation sites (tertiary alicyclic amines) is 1. The van der Waals surface area contributed by atoms with E-state index >= 15 is 0 Å². The summed E-state index contributed by atoms with van der Waals surface area (Å²) < 4.78 is 2.13. The van der Waals surface area contributed by atoms with Gasteiger partial charge in [-0.05, 0) is 37.3 Å². The maximum absolute atomic E-state index is 12.6. The Morgan fingerprint density at radius 1 is 1.32 bits per heavy atom. The molecule has 0 bridgehead atoms. The quantitative estimate of drug-likeness (QED) is 0.775. The van der Waals surface area contributed by atoms with Gasteiger partial charge in [-0.25, -0.2) is 4.98 Å². The molecule has 4 rings (SSSR count). The van der Waals surface area contributed by atoms with Crippen molar-refractivity contribution in [1.29, 1.82) is 0 Å². The second-order valence-corrected chi connectivity index (χ2v) is 6.86. The maximum atomic E-state index is 12.6. The van der Waals surface area contributed by atoms with Crippen LogP contribution in [0.25, 0.3) is 10.9 Å². The van der Waals surface area contributed by atoms with Gasteiger partial charge in [0.1, 0.15) is 0 Å². The summed E-state index contributed by atoms with van der Waals surface area (Å²) in [4.78, 5) is 22.1. The van der Waals surface area contributed by atoms with Crippen LogP contribution in [0.15, 0.2) is 49.2 Å². The fraction of sp³-hybridized carbons (Fsp3) is 0.400. The number of imidazole rings is 1. The van der Waals surface area contributed by atoms with E-state index in [0.717, 1.165) is 38.8 Å². The first-order chi connectivity index (χ1) is 12.3. The minimum atomic E-state index is 0.282. The molecule has 1 aromatic carbocycles. The predicted octanol–water partition coefficient (Wildman–Crippen LogP) is 3.55. The van der Waals surface area contributed by atoms with Crippen LogP contribution >= 0.6 is 0 Å². The van der Waals surface area contributed by atoms with Gasteiger partial charge >= 0.3 is 0 Å². The number of rotatable bonds is 5. The number of fused-ring (bicyclic) bond motifs is 1. The van der Waals surface area contributed by atoms with Crippen LogP contribution in [0.2, 0.25) is 0 Å². The lowest BCUT2D eigenvalue weighted by Gasteiger charge is -2.33. The zero-order chi connectivity index (χ0) is 17.1. The summed E-state index contributed by atoms with van der Waals surface area (Å²) in [6.07, 6.45) is 12.4. The van der Waals surface area contributed by atoms with Crippen molar-refractivity contribution in [3.05, 3.63) is 54.7 Å². The lowest BCUT2D eigenvalue weighted by Crippen LogP contribution is -2.40. The molecular weight excluding hydrogens is 312 g/mol. The normalized spacial score (nSPS) is 17.9. The molecule has 1 aliphatic heterocycles. The summed E-state index contributed by atoms with van der Waals surface area (Å²) in [5.74, 6) is 0.282. The van der Waals surface area contributed by atoms with Crippen molar-refractivity contribution in [2.45, 2.75) is 38.1 Å². The smallest absolute Gasteiger partial charge is 0.222 e. The lowest BCUT2D eigenvalue weighted by atomic mass is 10.0. The standard InChI is InChI=1S/C20H24N4O/c25-20(23-11-4-6-17(14-23)24-12-10-21-15-24)9-3-5-16-13-22-19-8-2-1-7-18(16)19/h1-2,7-8,10,12-13,15,17,22H,3-6,9,11,14H2/t17-/m0/s1. The zero-order valence-electron chi connectivity index (χ0n) is 14.4. The molecule has 1 N–H and O–H groups in total. The van der Waals surface area contributed by atoms with Crippen molar-refractivity contribution in [1.82, 2.24) is 19.4 Å².